The Hall–Kier alpha value is -2.80. The highest BCUT2D eigenvalue weighted by Crippen LogP contribution is 2.28. The number of piperidine rings is 1. The molecule has 7 heteroatoms. The fraction of sp³-hybridized carbons (Fsp3) is 0.364. The summed E-state index contributed by atoms with van der Waals surface area (Å²) in [5.74, 6) is 1.07. The molecule has 3 heterocycles. The third-order valence-electron chi connectivity index (χ3n) is 5.31. The van der Waals surface area contributed by atoms with Gasteiger partial charge < -0.3 is 10.2 Å². The summed E-state index contributed by atoms with van der Waals surface area (Å²) < 4.78 is 0. The van der Waals surface area contributed by atoms with Crippen molar-refractivity contribution in [2.45, 2.75) is 33.2 Å². The van der Waals surface area contributed by atoms with E-state index < -0.39 is 0 Å². The Kier molecular flexibility index (Phi) is 5.85. The number of aromatic nitrogens is 3. The van der Waals surface area contributed by atoms with E-state index >= 15 is 0 Å². The van der Waals surface area contributed by atoms with E-state index in [0.29, 0.717) is 6.54 Å². The van der Waals surface area contributed by atoms with Crippen molar-refractivity contribution in [2.24, 2.45) is 5.92 Å². The van der Waals surface area contributed by atoms with Crippen molar-refractivity contribution < 1.29 is 4.79 Å². The lowest BCUT2D eigenvalue weighted by Gasteiger charge is -2.31. The van der Waals surface area contributed by atoms with E-state index in [-0.39, 0.29) is 11.8 Å². The average molecular weight is 408 g/mol. The molecule has 0 atom stereocenters. The van der Waals surface area contributed by atoms with Crippen LogP contribution in [0.15, 0.2) is 42.5 Å². The maximum absolute atomic E-state index is 12.7. The number of hydrogen-bond donors (Lipinski definition) is 1. The zero-order valence-electron chi connectivity index (χ0n) is 16.8. The van der Waals surface area contributed by atoms with Crippen LogP contribution in [0.4, 0.5) is 5.82 Å². The standard InChI is InChI=1S/C22H25N5OS/c1-15-8-9-20(26-25-15)27-12-10-17(11-13-27)21(28)23-14-19-16(2)24-22(29-19)18-6-4-3-5-7-18/h3-9,17H,10-14H2,1-2H3,(H,23,28). The van der Waals surface area contributed by atoms with Crippen LogP contribution >= 0.6 is 11.3 Å². The Morgan fingerprint density at radius 3 is 2.55 bits per heavy atom. The molecule has 0 bridgehead atoms. The second kappa shape index (κ2) is 8.69. The van der Waals surface area contributed by atoms with E-state index in [2.05, 4.69) is 37.5 Å². The Bertz CT molecular complexity index is 963. The van der Waals surface area contributed by atoms with Gasteiger partial charge >= 0.3 is 0 Å². The van der Waals surface area contributed by atoms with Crippen LogP contribution in [-0.2, 0) is 11.3 Å². The van der Waals surface area contributed by atoms with Crippen molar-refractivity contribution in [3.63, 3.8) is 0 Å². The van der Waals surface area contributed by atoms with E-state index in [1.807, 2.05) is 44.2 Å². The minimum absolute atomic E-state index is 0.0477. The minimum atomic E-state index is 0.0477. The normalized spacial score (nSPS) is 14.8. The third kappa shape index (κ3) is 4.62. The first-order chi connectivity index (χ1) is 14.1. The second-order valence-electron chi connectivity index (χ2n) is 7.41. The monoisotopic (exact) mass is 407 g/mol. The molecule has 1 N–H and O–H groups in total. The molecule has 1 aliphatic heterocycles. The van der Waals surface area contributed by atoms with Crippen LogP contribution in [0.1, 0.15) is 29.1 Å². The summed E-state index contributed by atoms with van der Waals surface area (Å²) >= 11 is 1.65. The number of aryl methyl sites for hydroxylation is 2. The summed E-state index contributed by atoms with van der Waals surface area (Å²) in [4.78, 5) is 20.7. The van der Waals surface area contributed by atoms with E-state index in [0.717, 1.165) is 58.6 Å². The molecule has 29 heavy (non-hydrogen) atoms. The molecular weight excluding hydrogens is 382 g/mol. The molecule has 1 amide bonds. The van der Waals surface area contributed by atoms with Gasteiger partial charge in [0.05, 0.1) is 17.9 Å². The Morgan fingerprint density at radius 2 is 1.86 bits per heavy atom. The van der Waals surface area contributed by atoms with Crippen molar-refractivity contribution in [2.75, 3.05) is 18.0 Å². The van der Waals surface area contributed by atoms with Gasteiger partial charge in [0.15, 0.2) is 5.82 Å². The van der Waals surface area contributed by atoms with E-state index in [4.69, 9.17) is 0 Å². The first-order valence-corrected chi connectivity index (χ1v) is 10.8. The Balaban J connectivity index is 1.31. The molecule has 0 saturated carbocycles. The highest BCUT2D eigenvalue weighted by atomic mass is 32.1. The zero-order valence-corrected chi connectivity index (χ0v) is 17.6. The quantitative estimate of drug-likeness (QED) is 0.697. The first-order valence-electron chi connectivity index (χ1n) is 9.95. The molecule has 4 rings (SSSR count). The lowest BCUT2D eigenvalue weighted by atomic mass is 9.96. The third-order valence-corrected chi connectivity index (χ3v) is 6.52. The number of hydrogen-bond acceptors (Lipinski definition) is 6. The predicted octanol–water partition coefficient (Wildman–Crippen LogP) is 3.75. The molecule has 1 aromatic carbocycles. The number of thiazole rings is 1. The smallest absolute Gasteiger partial charge is 0.223 e. The summed E-state index contributed by atoms with van der Waals surface area (Å²) in [5, 5.41) is 12.5. The summed E-state index contributed by atoms with van der Waals surface area (Å²) in [5.41, 5.74) is 3.02. The van der Waals surface area contributed by atoms with Crippen molar-refractivity contribution in [1.29, 1.82) is 0 Å². The molecule has 1 fully saturated rings. The largest absolute Gasteiger partial charge is 0.355 e. The van der Waals surface area contributed by atoms with Gasteiger partial charge in [0.2, 0.25) is 5.91 Å². The molecule has 150 valence electrons. The summed E-state index contributed by atoms with van der Waals surface area (Å²) in [6.45, 7) is 6.13. The second-order valence-corrected chi connectivity index (χ2v) is 8.49. The van der Waals surface area contributed by atoms with Crippen molar-refractivity contribution in [3.05, 3.63) is 58.7 Å². The number of nitrogens with zero attached hydrogens (tertiary/aromatic N) is 4. The molecule has 2 aromatic heterocycles. The van der Waals surface area contributed by atoms with Gasteiger partial charge in [0, 0.05) is 29.4 Å². The van der Waals surface area contributed by atoms with Gasteiger partial charge in [-0.15, -0.1) is 16.4 Å². The van der Waals surface area contributed by atoms with Crippen LogP contribution in [0.2, 0.25) is 0 Å². The van der Waals surface area contributed by atoms with Crippen molar-refractivity contribution in [3.8, 4) is 10.6 Å². The van der Waals surface area contributed by atoms with Gasteiger partial charge in [-0.2, -0.15) is 5.10 Å². The van der Waals surface area contributed by atoms with Gasteiger partial charge in [0.1, 0.15) is 5.01 Å². The van der Waals surface area contributed by atoms with Gasteiger partial charge in [0.25, 0.3) is 0 Å². The average Bonchev–Trinajstić information content (AvgIpc) is 3.14. The highest BCUT2D eigenvalue weighted by molar-refractivity contribution is 7.15. The highest BCUT2D eigenvalue weighted by Gasteiger charge is 2.26. The van der Waals surface area contributed by atoms with Crippen LogP contribution < -0.4 is 10.2 Å². The number of nitrogens with one attached hydrogen (secondary N) is 1. The summed E-state index contributed by atoms with van der Waals surface area (Å²) in [7, 11) is 0. The molecular formula is C22H25N5OS. The van der Waals surface area contributed by atoms with Gasteiger partial charge in [-0.05, 0) is 38.8 Å². The van der Waals surface area contributed by atoms with Crippen LogP contribution in [0.3, 0.4) is 0 Å². The minimum Gasteiger partial charge on any atom is -0.355 e. The SMILES string of the molecule is Cc1ccc(N2CCC(C(=O)NCc3sc(-c4ccccc4)nc3C)CC2)nn1. The topological polar surface area (TPSA) is 71.0 Å². The number of anilines is 1. The first kappa shape index (κ1) is 19.5. The van der Waals surface area contributed by atoms with E-state index in [1.54, 1.807) is 11.3 Å². The van der Waals surface area contributed by atoms with Crippen molar-refractivity contribution in [1.82, 2.24) is 20.5 Å². The number of carbonyl (C=O) groups is 1. The number of amides is 1. The molecule has 0 aliphatic carbocycles. The fourth-order valence-corrected chi connectivity index (χ4v) is 4.55. The molecule has 1 saturated heterocycles. The predicted molar refractivity (Wildman–Crippen MR) is 116 cm³/mol. The maximum atomic E-state index is 12.7. The van der Waals surface area contributed by atoms with Gasteiger partial charge in [-0.3, -0.25) is 4.79 Å². The lowest BCUT2D eigenvalue weighted by Crippen LogP contribution is -2.40. The number of rotatable bonds is 5. The molecule has 1 aliphatic rings. The summed E-state index contributed by atoms with van der Waals surface area (Å²) in [6.07, 6.45) is 1.66. The van der Waals surface area contributed by atoms with Gasteiger partial charge in [-0.25, -0.2) is 4.98 Å². The molecule has 3 aromatic rings. The molecule has 0 radical (unpaired) electrons. The zero-order chi connectivity index (χ0) is 20.2. The van der Waals surface area contributed by atoms with Crippen LogP contribution in [0.25, 0.3) is 10.6 Å². The Morgan fingerprint density at radius 1 is 1.10 bits per heavy atom. The van der Waals surface area contributed by atoms with Crippen molar-refractivity contribution >= 4 is 23.1 Å². The van der Waals surface area contributed by atoms with E-state index in [1.165, 1.54) is 0 Å². The van der Waals surface area contributed by atoms with Crippen LogP contribution in [0, 0.1) is 19.8 Å². The fourth-order valence-electron chi connectivity index (χ4n) is 3.54. The Labute approximate surface area is 175 Å². The van der Waals surface area contributed by atoms with Crippen LogP contribution in [0.5, 0.6) is 0 Å². The van der Waals surface area contributed by atoms with Gasteiger partial charge in [-0.1, -0.05) is 30.3 Å². The number of carbonyl (C=O) groups excluding carboxylic acids is 1. The molecule has 0 unspecified atom stereocenters. The molecule has 0 spiro atoms. The summed E-state index contributed by atoms with van der Waals surface area (Å²) in [6, 6.07) is 14.1. The maximum Gasteiger partial charge on any atom is 0.223 e. The van der Waals surface area contributed by atoms with Crippen LogP contribution in [-0.4, -0.2) is 34.2 Å². The molecule has 6 nitrogen and oxygen atoms in total. The lowest BCUT2D eigenvalue weighted by molar-refractivity contribution is -0.125. The number of benzene rings is 1. The van der Waals surface area contributed by atoms with E-state index in [9.17, 15) is 4.79 Å².